The molecule has 2 nitrogen and oxygen atoms in total. The Labute approximate surface area is 202 Å². The van der Waals surface area contributed by atoms with Gasteiger partial charge in [-0.3, -0.25) is 4.40 Å². The second-order valence-electron chi connectivity index (χ2n) is 10.8. The van der Waals surface area contributed by atoms with Gasteiger partial charge >= 0.3 is 0 Å². The van der Waals surface area contributed by atoms with E-state index in [4.69, 9.17) is 4.98 Å². The Kier molecular flexibility index (Phi) is 5.95. The molecule has 3 heteroatoms. The van der Waals surface area contributed by atoms with Crippen LogP contribution in [0.15, 0.2) is 42.5 Å². The van der Waals surface area contributed by atoms with Crippen molar-refractivity contribution in [1.29, 1.82) is 0 Å². The van der Waals surface area contributed by atoms with Crippen molar-refractivity contribution in [2.45, 2.75) is 79.1 Å². The monoisotopic (exact) mass is 456 g/mol. The van der Waals surface area contributed by atoms with Gasteiger partial charge in [0.1, 0.15) is 0 Å². The molecular formula is C30H36N2S. The Bertz CT molecular complexity index is 1330. The molecule has 0 amide bonds. The molecule has 0 bridgehead atoms. The third-order valence-electron chi connectivity index (χ3n) is 7.25. The fourth-order valence-corrected chi connectivity index (χ4v) is 6.47. The Hall–Kier alpha value is -2.39. The molecular weight excluding hydrogens is 420 g/mol. The third-order valence-corrected chi connectivity index (χ3v) is 8.30. The molecule has 0 spiro atoms. The van der Waals surface area contributed by atoms with Gasteiger partial charge in [0.2, 0.25) is 0 Å². The molecule has 33 heavy (non-hydrogen) atoms. The van der Waals surface area contributed by atoms with E-state index in [-0.39, 0.29) is 5.41 Å². The molecule has 172 valence electrons. The number of rotatable bonds is 7. The molecule has 0 atom stereocenters. The summed E-state index contributed by atoms with van der Waals surface area (Å²) >= 11 is 1.82. The third kappa shape index (κ3) is 4.40. The molecule has 0 fully saturated rings. The van der Waals surface area contributed by atoms with Gasteiger partial charge in [0, 0.05) is 5.69 Å². The lowest BCUT2D eigenvalue weighted by Crippen LogP contribution is -2.17. The van der Waals surface area contributed by atoms with Crippen molar-refractivity contribution in [2.24, 2.45) is 5.41 Å². The molecule has 5 rings (SSSR count). The molecule has 0 unspecified atom stereocenters. The second-order valence-corrected chi connectivity index (χ2v) is 11.8. The van der Waals surface area contributed by atoms with Gasteiger partial charge in [-0.15, -0.1) is 0 Å². The lowest BCUT2D eigenvalue weighted by Gasteiger charge is -2.26. The number of benzene rings is 2. The zero-order chi connectivity index (χ0) is 23.2. The van der Waals surface area contributed by atoms with Gasteiger partial charge in [-0.25, -0.2) is 4.98 Å². The summed E-state index contributed by atoms with van der Waals surface area (Å²) in [6, 6.07) is 14.1. The number of thiazole rings is 1. The summed E-state index contributed by atoms with van der Waals surface area (Å²) in [4.78, 5) is 7.51. The van der Waals surface area contributed by atoms with Crippen molar-refractivity contribution in [2.75, 3.05) is 0 Å². The minimum absolute atomic E-state index is 0.241. The van der Waals surface area contributed by atoms with Gasteiger partial charge in [0.15, 0.2) is 4.96 Å². The number of imidazole rings is 1. The Balaban J connectivity index is 1.36. The first-order valence-electron chi connectivity index (χ1n) is 12.6. The van der Waals surface area contributed by atoms with E-state index in [1.54, 1.807) is 5.56 Å². The van der Waals surface area contributed by atoms with Crippen molar-refractivity contribution in [3.63, 3.8) is 0 Å². The molecule has 4 aromatic rings. The molecule has 1 aliphatic rings. The van der Waals surface area contributed by atoms with Crippen LogP contribution in [0.4, 0.5) is 0 Å². The smallest absolute Gasteiger partial charge is 0.195 e. The fraction of sp³-hybridized carbons (Fsp3) is 0.433. The van der Waals surface area contributed by atoms with Crippen LogP contribution in [0.5, 0.6) is 0 Å². The normalized spacial score (nSPS) is 14.0. The van der Waals surface area contributed by atoms with E-state index in [1.807, 2.05) is 11.3 Å². The van der Waals surface area contributed by atoms with Crippen LogP contribution >= 0.6 is 11.3 Å². The number of nitrogens with zero attached hydrogens (tertiary/aromatic N) is 2. The van der Waals surface area contributed by atoms with Gasteiger partial charge in [-0.2, -0.15) is 0 Å². The minimum atomic E-state index is 0.241. The van der Waals surface area contributed by atoms with E-state index in [2.05, 4.69) is 87.6 Å². The highest BCUT2D eigenvalue weighted by Gasteiger charge is 2.22. The average Bonchev–Trinajstić information content (AvgIpc) is 3.32. The SMILES string of the molecule is CCc1ccc(C(C)C)c(CCC(C)(C)Cc2ccc3c(c2)nc2sc4c(n23)CCC=C4)c1. The number of allylic oxidation sites excluding steroid dienone is 1. The molecule has 2 aromatic heterocycles. The zero-order valence-corrected chi connectivity index (χ0v) is 21.6. The number of hydrogen-bond donors (Lipinski definition) is 0. The van der Waals surface area contributed by atoms with E-state index >= 15 is 0 Å². The molecule has 0 radical (unpaired) electrons. The summed E-state index contributed by atoms with van der Waals surface area (Å²) in [5.41, 5.74) is 9.99. The van der Waals surface area contributed by atoms with Crippen LogP contribution in [0.2, 0.25) is 0 Å². The quantitative estimate of drug-likeness (QED) is 0.273. The van der Waals surface area contributed by atoms with Gasteiger partial charge in [-0.1, -0.05) is 76.3 Å². The molecule has 0 saturated carbocycles. The number of aromatic nitrogens is 2. The lowest BCUT2D eigenvalue weighted by molar-refractivity contribution is 0.332. The second kappa shape index (κ2) is 8.76. The first-order valence-corrected chi connectivity index (χ1v) is 13.4. The maximum atomic E-state index is 5.00. The van der Waals surface area contributed by atoms with E-state index in [0.717, 1.165) is 42.6 Å². The summed E-state index contributed by atoms with van der Waals surface area (Å²) < 4.78 is 2.39. The molecule has 2 aromatic carbocycles. The van der Waals surface area contributed by atoms with E-state index in [0.29, 0.717) is 5.92 Å². The van der Waals surface area contributed by atoms with Crippen LogP contribution in [-0.4, -0.2) is 9.38 Å². The number of hydrogen-bond acceptors (Lipinski definition) is 2. The van der Waals surface area contributed by atoms with Gasteiger partial charge < -0.3 is 0 Å². The van der Waals surface area contributed by atoms with Gasteiger partial charge in [-0.05, 0) is 90.3 Å². The topological polar surface area (TPSA) is 17.3 Å². The summed E-state index contributed by atoms with van der Waals surface area (Å²) in [5, 5.41) is 0. The average molecular weight is 457 g/mol. The maximum Gasteiger partial charge on any atom is 0.195 e. The van der Waals surface area contributed by atoms with Gasteiger partial charge in [0.25, 0.3) is 0 Å². The zero-order valence-electron chi connectivity index (χ0n) is 20.7. The predicted octanol–water partition coefficient (Wildman–Crippen LogP) is 8.40. The fourth-order valence-electron chi connectivity index (χ4n) is 5.36. The highest BCUT2D eigenvalue weighted by molar-refractivity contribution is 7.18. The Morgan fingerprint density at radius 2 is 1.91 bits per heavy atom. The van der Waals surface area contributed by atoms with E-state index in [1.165, 1.54) is 39.2 Å². The summed E-state index contributed by atoms with van der Waals surface area (Å²) in [6.07, 6.45) is 11.3. The summed E-state index contributed by atoms with van der Waals surface area (Å²) in [5.74, 6) is 0.576. The van der Waals surface area contributed by atoms with Crippen LogP contribution in [-0.2, 0) is 25.7 Å². The standard InChI is InChI=1S/C30H36N2S/c1-6-21-11-13-24(20(2)3)23(17-21)15-16-30(4,5)19-22-12-14-26-25(18-22)31-29-32(26)27-9-7-8-10-28(27)33-29/h8,10-14,17-18,20H,6-7,9,15-16,19H2,1-5H3. The highest BCUT2D eigenvalue weighted by atomic mass is 32.1. The van der Waals surface area contributed by atoms with Crippen molar-refractivity contribution in [1.82, 2.24) is 9.38 Å². The summed E-state index contributed by atoms with van der Waals surface area (Å²) in [6.45, 7) is 11.7. The molecule has 2 heterocycles. The van der Waals surface area contributed by atoms with Crippen molar-refractivity contribution < 1.29 is 0 Å². The molecule has 0 aliphatic heterocycles. The maximum absolute atomic E-state index is 5.00. The highest BCUT2D eigenvalue weighted by Crippen LogP contribution is 2.34. The number of aryl methyl sites for hydroxylation is 3. The van der Waals surface area contributed by atoms with Crippen LogP contribution in [0.25, 0.3) is 22.1 Å². The first kappa shape index (κ1) is 22.4. The molecule has 0 N–H and O–H groups in total. The van der Waals surface area contributed by atoms with Crippen molar-refractivity contribution >= 4 is 33.4 Å². The largest absolute Gasteiger partial charge is 0.287 e. The van der Waals surface area contributed by atoms with Crippen LogP contribution in [0, 0.1) is 5.41 Å². The minimum Gasteiger partial charge on any atom is -0.287 e. The first-order chi connectivity index (χ1) is 15.8. The number of fused-ring (bicyclic) bond motifs is 5. The molecule has 0 saturated heterocycles. The van der Waals surface area contributed by atoms with E-state index in [9.17, 15) is 0 Å². The predicted molar refractivity (Wildman–Crippen MR) is 144 cm³/mol. The van der Waals surface area contributed by atoms with E-state index < -0.39 is 0 Å². The van der Waals surface area contributed by atoms with Crippen LogP contribution in [0.1, 0.15) is 86.2 Å². The van der Waals surface area contributed by atoms with Crippen molar-refractivity contribution in [3.05, 3.63) is 75.3 Å². The van der Waals surface area contributed by atoms with Crippen LogP contribution in [0.3, 0.4) is 0 Å². The van der Waals surface area contributed by atoms with Crippen LogP contribution < -0.4 is 0 Å². The van der Waals surface area contributed by atoms with Crippen molar-refractivity contribution in [3.8, 4) is 0 Å². The van der Waals surface area contributed by atoms with Gasteiger partial charge in [0.05, 0.1) is 15.9 Å². The lowest BCUT2D eigenvalue weighted by atomic mass is 9.79. The Morgan fingerprint density at radius 3 is 2.70 bits per heavy atom. The molecule has 1 aliphatic carbocycles. The summed E-state index contributed by atoms with van der Waals surface area (Å²) in [7, 11) is 0. The Morgan fingerprint density at radius 1 is 1.09 bits per heavy atom.